The van der Waals surface area contributed by atoms with Crippen molar-refractivity contribution in [3.63, 3.8) is 0 Å². The Bertz CT molecular complexity index is 1730. The van der Waals surface area contributed by atoms with E-state index in [-0.39, 0.29) is 36.4 Å². The van der Waals surface area contributed by atoms with Crippen LogP contribution in [0.1, 0.15) is 42.0 Å². The van der Waals surface area contributed by atoms with Crippen LogP contribution in [0.5, 0.6) is 5.75 Å². The lowest BCUT2D eigenvalue weighted by Gasteiger charge is -2.31. The summed E-state index contributed by atoms with van der Waals surface area (Å²) in [6.45, 7) is 1.84. The number of aliphatic carboxylic acids is 2. The average molecular weight is 581 g/mol. The van der Waals surface area contributed by atoms with E-state index in [9.17, 15) is 34.2 Å². The topological polar surface area (TPSA) is 198 Å². The van der Waals surface area contributed by atoms with Crippen molar-refractivity contribution in [3.8, 4) is 17.1 Å². The van der Waals surface area contributed by atoms with Gasteiger partial charge in [-0.05, 0) is 44.8 Å². The van der Waals surface area contributed by atoms with E-state index in [0.29, 0.717) is 40.0 Å². The number of aliphatic hydroxyl groups is 1. The number of carboxylic acid groups (broad SMARTS) is 2. The van der Waals surface area contributed by atoms with Crippen LogP contribution in [0.25, 0.3) is 22.3 Å². The normalized spacial score (nSPS) is 17.7. The second-order valence-corrected chi connectivity index (χ2v) is 10.5. The summed E-state index contributed by atoms with van der Waals surface area (Å²) in [5.74, 6) is -3.62. The third kappa shape index (κ3) is 4.84. The predicted octanol–water partition coefficient (Wildman–Crippen LogP) is 1.16. The molecule has 220 valence electrons. The van der Waals surface area contributed by atoms with Crippen LogP contribution in [-0.4, -0.2) is 73.9 Å². The van der Waals surface area contributed by atoms with Crippen molar-refractivity contribution in [2.45, 2.75) is 51.1 Å². The van der Waals surface area contributed by atoms with Crippen LogP contribution in [0.4, 0.5) is 4.79 Å². The van der Waals surface area contributed by atoms with Crippen LogP contribution in [0.2, 0.25) is 0 Å². The van der Waals surface area contributed by atoms with Gasteiger partial charge in [0.05, 0.1) is 35.4 Å². The van der Waals surface area contributed by atoms with E-state index < -0.39 is 47.6 Å². The van der Waals surface area contributed by atoms with Gasteiger partial charge in [0, 0.05) is 28.6 Å². The zero-order valence-electron chi connectivity index (χ0n) is 23.0. The van der Waals surface area contributed by atoms with Crippen LogP contribution in [0.3, 0.4) is 0 Å². The van der Waals surface area contributed by atoms with Gasteiger partial charge in [0.25, 0.3) is 5.56 Å². The van der Waals surface area contributed by atoms with Crippen molar-refractivity contribution in [3.05, 3.63) is 56.9 Å². The summed E-state index contributed by atoms with van der Waals surface area (Å²) in [5.41, 5.74) is 0.763. The zero-order valence-corrected chi connectivity index (χ0v) is 23.0. The van der Waals surface area contributed by atoms with E-state index >= 15 is 0 Å². The molecule has 0 spiro atoms. The maximum atomic E-state index is 13.5. The molecule has 42 heavy (non-hydrogen) atoms. The van der Waals surface area contributed by atoms with Gasteiger partial charge in [-0.15, -0.1) is 0 Å². The summed E-state index contributed by atoms with van der Waals surface area (Å²) in [6.07, 6.45) is -1.95. The minimum Gasteiger partial charge on any atom is -0.481 e. The molecule has 0 saturated carbocycles. The first-order valence-electron chi connectivity index (χ1n) is 13.0. The summed E-state index contributed by atoms with van der Waals surface area (Å²) >= 11 is 0. The maximum absolute atomic E-state index is 13.5. The number of hydrogen-bond donors (Lipinski definition) is 4. The summed E-state index contributed by atoms with van der Waals surface area (Å²) in [6, 6.07) is 4.84. The molecule has 2 aromatic heterocycles. The summed E-state index contributed by atoms with van der Waals surface area (Å²) in [5, 5.41) is 31.9. The molecule has 1 aromatic carbocycles. The van der Waals surface area contributed by atoms with Gasteiger partial charge in [-0.2, -0.15) is 0 Å². The first-order valence-corrected chi connectivity index (χ1v) is 13.0. The molecule has 14 nitrogen and oxygen atoms in total. The van der Waals surface area contributed by atoms with Crippen molar-refractivity contribution < 1.29 is 44.0 Å². The number of carbonyl (C=O) groups is 4. The van der Waals surface area contributed by atoms with E-state index in [1.807, 2.05) is 11.0 Å². The summed E-state index contributed by atoms with van der Waals surface area (Å²) in [7, 11) is 3.60. The molecule has 14 heteroatoms. The molecule has 0 unspecified atom stereocenters. The largest absolute Gasteiger partial charge is 0.481 e. The molecule has 3 aromatic rings. The van der Waals surface area contributed by atoms with E-state index in [0.717, 1.165) is 0 Å². The number of benzene rings is 1. The third-order valence-electron chi connectivity index (χ3n) is 7.41. The Morgan fingerprint density at radius 3 is 2.60 bits per heavy atom. The van der Waals surface area contributed by atoms with Gasteiger partial charge in [0.2, 0.25) is 0 Å². The summed E-state index contributed by atoms with van der Waals surface area (Å²) in [4.78, 5) is 67.4. The van der Waals surface area contributed by atoms with E-state index in [4.69, 9.17) is 19.6 Å². The number of carboxylic acids is 2. The predicted molar refractivity (Wildman–Crippen MR) is 145 cm³/mol. The van der Waals surface area contributed by atoms with Crippen molar-refractivity contribution in [2.75, 3.05) is 14.1 Å². The molecule has 1 amide bonds. The molecule has 0 saturated heterocycles. The Morgan fingerprint density at radius 1 is 1.21 bits per heavy atom. The highest BCUT2D eigenvalue weighted by molar-refractivity contribution is 5.91. The SMILES string of the molecule is CC[C@@]1(O)C(=O)OCc2c1cc1n(c2=O)Cc2cc3c(CN(C)C)c(OC(=O)N[C@H](CC(=O)O)C(=O)O)ccc3nc2-1. The Kier molecular flexibility index (Phi) is 7.20. The van der Waals surface area contributed by atoms with Gasteiger partial charge in [-0.3, -0.25) is 9.59 Å². The summed E-state index contributed by atoms with van der Waals surface area (Å²) < 4.78 is 12.1. The molecular formula is C28H28N4O10. The number of cyclic esters (lactones) is 1. The standard InChI is InChI=1S/C28H28N4O10/c1-4-28(40)17-8-20-23-13(10-32(20)24(35)16(17)12-41-26(28)38)7-14-15(11-31(2)3)21(6-5-18(14)29-23)42-27(39)30-19(25(36)37)9-22(33)34/h5-8,19,40H,4,9-12H2,1-3H3,(H,30,39)(H,33,34)(H,36,37)/t19-,28+/m1/s1. The van der Waals surface area contributed by atoms with E-state index in [1.165, 1.54) is 10.6 Å². The highest BCUT2D eigenvalue weighted by Crippen LogP contribution is 2.40. The Balaban J connectivity index is 1.57. The fraction of sp³-hybridized carbons (Fsp3) is 0.357. The van der Waals surface area contributed by atoms with Gasteiger partial charge in [0.1, 0.15) is 18.4 Å². The van der Waals surface area contributed by atoms with Crippen molar-refractivity contribution in [1.29, 1.82) is 0 Å². The minimum absolute atomic E-state index is 0.0213. The number of pyridine rings is 2. The van der Waals surface area contributed by atoms with Crippen molar-refractivity contribution in [2.24, 2.45) is 0 Å². The zero-order chi connectivity index (χ0) is 30.5. The van der Waals surface area contributed by atoms with Gasteiger partial charge < -0.3 is 39.6 Å². The van der Waals surface area contributed by atoms with Crippen LogP contribution in [0.15, 0.2) is 29.1 Å². The van der Waals surface area contributed by atoms with Gasteiger partial charge >= 0.3 is 24.0 Å². The van der Waals surface area contributed by atoms with E-state index in [1.54, 1.807) is 33.2 Å². The fourth-order valence-corrected chi connectivity index (χ4v) is 5.31. The number of carbonyl (C=O) groups excluding carboxylic acids is 2. The Hall–Kier alpha value is -4.82. The first kappa shape index (κ1) is 28.7. The molecular weight excluding hydrogens is 552 g/mol. The van der Waals surface area contributed by atoms with Crippen LogP contribution < -0.4 is 15.6 Å². The molecule has 0 aliphatic carbocycles. The van der Waals surface area contributed by atoms with Crippen LogP contribution in [-0.2, 0) is 44.4 Å². The molecule has 4 heterocycles. The van der Waals surface area contributed by atoms with Crippen LogP contribution >= 0.6 is 0 Å². The van der Waals surface area contributed by atoms with E-state index in [2.05, 4.69) is 5.32 Å². The molecule has 4 N–H and O–H groups in total. The number of amides is 1. The number of hydrogen-bond acceptors (Lipinski definition) is 10. The third-order valence-corrected chi connectivity index (χ3v) is 7.41. The molecule has 5 rings (SSSR count). The second-order valence-electron chi connectivity index (χ2n) is 10.5. The van der Waals surface area contributed by atoms with Crippen molar-refractivity contribution >= 4 is 34.9 Å². The minimum atomic E-state index is -1.95. The number of esters is 1. The molecule has 2 aliphatic rings. The molecule has 0 fully saturated rings. The molecule has 0 bridgehead atoms. The Labute approximate surface area is 238 Å². The maximum Gasteiger partial charge on any atom is 0.413 e. The number of nitrogens with zero attached hydrogens (tertiary/aromatic N) is 3. The van der Waals surface area contributed by atoms with Gasteiger partial charge in [0.15, 0.2) is 5.60 Å². The lowest BCUT2D eigenvalue weighted by atomic mass is 9.86. The number of nitrogens with one attached hydrogen (secondary N) is 1. The number of fused-ring (bicyclic) bond motifs is 5. The molecule has 0 radical (unpaired) electrons. The first-order chi connectivity index (χ1) is 19.8. The highest BCUT2D eigenvalue weighted by atomic mass is 16.6. The quantitative estimate of drug-likeness (QED) is 0.217. The number of rotatable bonds is 8. The average Bonchev–Trinajstić information content (AvgIpc) is 3.28. The number of aromatic nitrogens is 2. The lowest BCUT2D eigenvalue weighted by Crippen LogP contribution is -2.44. The molecule has 2 atom stereocenters. The Morgan fingerprint density at radius 2 is 1.95 bits per heavy atom. The van der Waals surface area contributed by atoms with Crippen molar-refractivity contribution in [1.82, 2.24) is 19.8 Å². The fourth-order valence-electron chi connectivity index (χ4n) is 5.31. The smallest absolute Gasteiger partial charge is 0.413 e. The van der Waals surface area contributed by atoms with Gasteiger partial charge in [-0.1, -0.05) is 6.92 Å². The van der Waals surface area contributed by atoms with Gasteiger partial charge in [-0.25, -0.2) is 19.4 Å². The van der Waals surface area contributed by atoms with Crippen LogP contribution in [0, 0.1) is 0 Å². The lowest BCUT2D eigenvalue weighted by molar-refractivity contribution is -0.172. The second kappa shape index (κ2) is 10.5. The monoisotopic (exact) mass is 580 g/mol. The highest BCUT2D eigenvalue weighted by Gasteiger charge is 2.45. The molecule has 2 aliphatic heterocycles. The number of ether oxygens (including phenoxy) is 2.